The largest absolute Gasteiger partial charge is 0.463 e. The first kappa shape index (κ1) is 16.3. The van der Waals surface area contributed by atoms with E-state index in [-0.39, 0.29) is 0 Å². The van der Waals surface area contributed by atoms with Crippen LogP contribution in [-0.4, -0.2) is 52.0 Å². The third kappa shape index (κ3) is 2.44. The van der Waals surface area contributed by atoms with E-state index in [1.54, 1.807) is 0 Å². The maximum absolute atomic E-state index is 11.7. The normalized spacial score (nSPS) is 29.3. The summed E-state index contributed by atoms with van der Waals surface area (Å²) in [6.45, 7) is 2.99. The minimum absolute atomic E-state index is 0.446. The van der Waals surface area contributed by atoms with E-state index in [1.165, 1.54) is 28.1 Å². The molecule has 0 amide bonds. The summed E-state index contributed by atoms with van der Waals surface area (Å²) in [5.74, 6) is -5.62. The molecule has 2 unspecified atom stereocenters. The second-order valence-corrected chi connectivity index (χ2v) is 4.15. The van der Waals surface area contributed by atoms with Crippen LogP contribution in [0.15, 0.2) is 11.5 Å². The van der Waals surface area contributed by atoms with Gasteiger partial charge in [0.2, 0.25) is 0 Å². The van der Waals surface area contributed by atoms with E-state index >= 15 is 0 Å². The summed E-state index contributed by atoms with van der Waals surface area (Å²) < 4.78 is 30.4. The van der Waals surface area contributed by atoms with Gasteiger partial charge in [0.15, 0.2) is 0 Å². The van der Waals surface area contributed by atoms with E-state index in [2.05, 4.69) is 9.47 Å². The SMILES string of the molecule is COC(=O)C1=C(C(=O)OC)OC(C)(OC)C(C)(OC)O1. The molecular weight excluding hydrogens is 272 g/mol. The molecule has 8 heteroatoms. The molecule has 0 saturated heterocycles. The van der Waals surface area contributed by atoms with Gasteiger partial charge in [-0.2, -0.15) is 0 Å². The van der Waals surface area contributed by atoms with Crippen LogP contribution in [0.5, 0.6) is 0 Å². The van der Waals surface area contributed by atoms with Crippen molar-refractivity contribution >= 4 is 11.9 Å². The molecule has 0 aliphatic carbocycles. The van der Waals surface area contributed by atoms with Crippen molar-refractivity contribution in [3.8, 4) is 0 Å². The Kier molecular flexibility index (Phi) is 4.61. The minimum atomic E-state index is -1.47. The monoisotopic (exact) mass is 290 g/mol. The number of hydrogen-bond donors (Lipinski definition) is 0. The molecule has 0 aromatic rings. The van der Waals surface area contributed by atoms with Crippen molar-refractivity contribution in [3.63, 3.8) is 0 Å². The maximum Gasteiger partial charge on any atom is 0.377 e. The van der Waals surface area contributed by atoms with E-state index in [0.717, 1.165) is 14.2 Å². The van der Waals surface area contributed by atoms with Gasteiger partial charge in [0, 0.05) is 28.1 Å². The quantitative estimate of drug-likeness (QED) is 0.684. The molecule has 1 rings (SSSR count). The molecule has 114 valence electrons. The molecular formula is C12H18O8. The van der Waals surface area contributed by atoms with E-state index in [1.807, 2.05) is 0 Å². The Labute approximate surface area is 116 Å². The van der Waals surface area contributed by atoms with Crippen molar-refractivity contribution in [2.24, 2.45) is 0 Å². The first-order valence-corrected chi connectivity index (χ1v) is 5.67. The van der Waals surface area contributed by atoms with Crippen LogP contribution < -0.4 is 0 Å². The highest BCUT2D eigenvalue weighted by atomic mass is 16.8. The average Bonchev–Trinajstić information content (AvgIpc) is 2.47. The van der Waals surface area contributed by atoms with Gasteiger partial charge >= 0.3 is 11.9 Å². The molecule has 0 spiro atoms. The fourth-order valence-corrected chi connectivity index (χ4v) is 1.58. The summed E-state index contributed by atoms with van der Waals surface area (Å²) in [5.41, 5.74) is 0. The van der Waals surface area contributed by atoms with E-state index in [9.17, 15) is 9.59 Å². The summed E-state index contributed by atoms with van der Waals surface area (Å²) in [6.07, 6.45) is 0. The second-order valence-electron chi connectivity index (χ2n) is 4.15. The smallest absolute Gasteiger partial charge is 0.377 e. The second kappa shape index (κ2) is 5.68. The van der Waals surface area contributed by atoms with Gasteiger partial charge in [-0.15, -0.1) is 0 Å². The molecule has 0 bridgehead atoms. The number of methoxy groups -OCH3 is 4. The Morgan fingerprint density at radius 2 is 1.10 bits per heavy atom. The van der Waals surface area contributed by atoms with Gasteiger partial charge in [-0.1, -0.05) is 0 Å². The lowest BCUT2D eigenvalue weighted by Crippen LogP contribution is -2.59. The van der Waals surface area contributed by atoms with Crippen LogP contribution in [0.3, 0.4) is 0 Å². The summed E-state index contributed by atoms with van der Waals surface area (Å²) >= 11 is 0. The van der Waals surface area contributed by atoms with Gasteiger partial charge in [0.25, 0.3) is 23.1 Å². The fraction of sp³-hybridized carbons (Fsp3) is 0.667. The Hall–Kier alpha value is -1.80. The van der Waals surface area contributed by atoms with Crippen LogP contribution in [0.4, 0.5) is 0 Å². The topological polar surface area (TPSA) is 89.5 Å². The van der Waals surface area contributed by atoms with Crippen molar-refractivity contribution in [1.82, 2.24) is 0 Å². The maximum atomic E-state index is 11.7. The standard InChI is InChI=1S/C12H18O8/c1-11(17-5)12(2,18-6)20-8(10(14)16-4)7(19-11)9(13)15-3/h1-6H3. The van der Waals surface area contributed by atoms with Crippen molar-refractivity contribution in [2.75, 3.05) is 28.4 Å². The van der Waals surface area contributed by atoms with Crippen LogP contribution in [0, 0.1) is 0 Å². The summed E-state index contributed by atoms with van der Waals surface area (Å²) in [7, 11) is 4.97. The average molecular weight is 290 g/mol. The third-order valence-electron chi connectivity index (χ3n) is 3.15. The van der Waals surface area contributed by atoms with Crippen molar-refractivity contribution in [2.45, 2.75) is 25.4 Å². The van der Waals surface area contributed by atoms with Gasteiger partial charge in [-0.05, 0) is 0 Å². The Balaban J connectivity index is 3.39. The van der Waals surface area contributed by atoms with Gasteiger partial charge in [0.1, 0.15) is 0 Å². The highest BCUT2D eigenvalue weighted by molar-refractivity contribution is 5.97. The molecule has 1 heterocycles. The number of ether oxygens (including phenoxy) is 6. The molecule has 2 atom stereocenters. The van der Waals surface area contributed by atoms with E-state index in [0.29, 0.717) is 0 Å². The zero-order valence-electron chi connectivity index (χ0n) is 12.3. The Morgan fingerprint density at radius 1 is 0.800 bits per heavy atom. The lowest BCUT2D eigenvalue weighted by molar-refractivity contribution is -0.380. The summed E-state index contributed by atoms with van der Waals surface area (Å²) in [5, 5.41) is 0. The van der Waals surface area contributed by atoms with Crippen molar-refractivity contribution < 1.29 is 38.0 Å². The molecule has 20 heavy (non-hydrogen) atoms. The number of hydrogen-bond acceptors (Lipinski definition) is 8. The highest BCUT2D eigenvalue weighted by Crippen LogP contribution is 2.40. The summed E-state index contributed by atoms with van der Waals surface area (Å²) in [6, 6.07) is 0. The fourth-order valence-electron chi connectivity index (χ4n) is 1.58. The molecule has 1 aliphatic heterocycles. The van der Waals surface area contributed by atoms with Gasteiger partial charge < -0.3 is 28.4 Å². The zero-order valence-corrected chi connectivity index (χ0v) is 12.3. The first-order chi connectivity index (χ1) is 9.28. The summed E-state index contributed by atoms with van der Waals surface area (Å²) in [4.78, 5) is 23.4. The predicted octanol–water partition coefficient (Wildman–Crippen LogP) is 0.316. The van der Waals surface area contributed by atoms with Gasteiger partial charge in [-0.3, -0.25) is 0 Å². The number of esters is 2. The van der Waals surface area contributed by atoms with Crippen LogP contribution in [0.1, 0.15) is 13.8 Å². The molecule has 8 nitrogen and oxygen atoms in total. The molecule has 0 fully saturated rings. The van der Waals surface area contributed by atoms with Crippen molar-refractivity contribution in [3.05, 3.63) is 11.5 Å². The molecule has 1 aliphatic rings. The Bertz CT molecular complexity index is 403. The number of carbonyl (C=O) groups excluding carboxylic acids is 2. The highest BCUT2D eigenvalue weighted by Gasteiger charge is 2.57. The van der Waals surface area contributed by atoms with Crippen LogP contribution >= 0.6 is 0 Å². The van der Waals surface area contributed by atoms with Gasteiger partial charge in [0.05, 0.1) is 14.2 Å². The van der Waals surface area contributed by atoms with E-state index < -0.39 is 35.0 Å². The Morgan fingerprint density at radius 3 is 1.30 bits per heavy atom. The molecule has 0 N–H and O–H groups in total. The molecule has 0 saturated carbocycles. The molecule has 0 aromatic heterocycles. The number of carbonyl (C=O) groups is 2. The zero-order chi connectivity index (χ0) is 15.6. The van der Waals surface area contributed by atoms with E-state index in [4.69, 9.17) is 18.9 Å². The van der Waals surface area contributed by atoms with Crippen molar-refractivity contribution in [1.29, 1.82) is 0 Å². The number of rotatable bonds is 4. The van der Waals surface area contributed by atoms with Gasteiger partial charge in [-0.25, -0.2) is 9.59 Å². The van der Waals surface area contributed by atoms with Crippen LogP contribution in [0.2, 0.25) is 0 Å². The lowest BCUT2D eigenvalue weighted by atomic mass is 10.1. The first-order valence-electron chi connectivity index (χ1n) is 5.67. The third-order valence-corrected chi connectivity index (χ3v) is 3.15. The van der Waals surface area contributed by atoms with Crippen LogP contribution in [0.25, 0.3) is 0 Å². The lowest BCUT2D eigenvalue weighted by Gasteiger charge is -2.46. The molecule has 0 aromatic carbocycles. The van der Waals surface area contributed by atoms with Crippen LogP contribution in [-0.2, 0) is 38.0 Å². The minimum Gasteiger partial charge on any atom is -0.463 e. The molecule has 0 radical (unpaired) electrons. The predicted molar refractivity (Wildman–Crippen MR) is 64.1 cm³/mol.